The van der Waals surface area contributed by atoms with Gasteiger partial charge < -0.3 is 10.7 Å². The lowest BCUT2D eigenvalue weighted by molar-refractivity contribution is 0.792. The summed E-state index contributed by atoms with van der Waals surface area (Å²) in [6.45, 7) is 2.69. The van der Waals surface area contributed by atoms with Crippen LogP contribution in [0.3, 0.4) is 0 Å². The molecule has 2 aromatic rings. The van der Waals surface area contributed by atoms with Crippen molar-refractivity contribution in [1.29, 1.82) is 0 Å². The minimum Gasteiger partial charge on any atom is -0.346 e. The Morgan fingerprint density at radius 3 is 2.82 bits per heavy atom. The summed E-state index contributed by atoms with van der Waals surface area (Å²) in [6, 6.07) is 7.75. The molecule has 1 aromatic heterocycles. The Kier molecular flexibility index (Phi) is 3.82. The first-order valence-corrected chi connectivity index (χ1v) is 6.10. The van der Waals surface area contributed by atoms with Gasteiger partial charge in [0.15, 0.2) is 0 Å². The number of halogens is 1. The largest absolute Gasteiger partial charge is 0.346 e. The molecule has 0 bridgehead atoms. The van der Waals surface area contributed by atoms with Gasteiger partial charge >= 0.3 is 0 Å². The predicted molar refractivity (Wildman–Crippen MR) is 71.1 cm³/mol. The number of hydrogen-bond donors (Lipinski definition) is 2. The molecule has 0 fully saturated rings. The van der Waals surface area contributed by atoms with Crippen LogP contribution in [0.4, 0.5) is 0 Å². The summed E-state index contributed by atoms with van der Waals surface area (Å²) in [7, 11) is 0. The van der Waals surface area contributed by atoms with Gasteiger partial charge in [0.25, 0.3) is 0 Å². The summed E-state index contributed by atoms with van der Waals surface area (Å²) in [6.07, 6.45) is 1.82. The van der Waals surface area contributed by atoms with Crippen molar-refractivity contribution in [3.8, 4) is 11.3 Å². The highest BCUT2D eigenvalue weighted by Gasteiger charge is 2.11. The van der Waals surface area contributed by atoms with Crippen molar-refractivity contribution in [3.05, 3.63) is 40.8 Å². The smallest absolute Gasteiger partial charge is 0.107 e. The molecule has 0 amide bonds. The van der Waals surface area contributed by atoms with Crippen molar-refractivity contribution in [2.24, 2.45) is 5.73 Å². The van der Waals surface area contributed by atoms with Crippen LogP contribution in [0.15, 0.2) is 24.3 Å². The van der Waals surface area contributed by atoms with Gasteiger partial charge in [-0.05, 0) is 26.0 Å². The zero-order valence-electron chi connectivity index (χ0n) is 9.83. The molecule has 0 unspecified atom stereocenters. The Morgan fingerprint density at radius 2 is 2.12 bits per heavy atom. The number of benzene rings is 1. The second kappa shape index (κ2) is 5.34. The van der Waals surface area contributed by atoms with Crippen molar-refractivity contribution in [2.45, 2.75) is 19.8 Å². The van der Waals surface area contributed by atoms with Crippen molar-refractivity contribution in [2.75, 3.05) is 6.54 Å². The molecule has 2 rings (SSSR count). The molecule has 17 heavy (non-hydrogen) atoms. The summed E-state index contributed by atoms with van der Waals surface area (Å²) < 4.78 is 0. The molecular weight excluding hydrogens is 234 g/mol. The monoisotopic (exact) mass is 249 g/mol. The SMILES string of the molecule is Cc1[nH]c(CCCN)nc1-c1ccccc1Cl. The van der Waals surface area contributed by atoms with Gasteiger partial charge in [0.05, 0.1) is 10.7 Å². The number of aryl methyl sites for hydroxylation is 2. The fourth-order valence-electron chi connectivity index (χ4n) is 1.83. The van der Waals surface area contributed by atoms with E-state index in [1.54, 1.807) is 0 Å². The standard InChI is InChI=1S/C13H16ClN3/c1-9-13(10-5-2-3-6-11(10)14)17-12(16-9)7-4-8-15/h2-3,5-6H,4,7-8,15H2,1H3,(H,16,17). The molecule has 1 heterocycles. The maximum absolute atomic E-state index is 6.17. The number of H-pyrrole nitrogens is 1. The topological polar surface area (TPSA) is 54.7 Å². The fourth-order valence-corrected chi connectivity index (χ4v) is 2.05. The third-order valence-corrected chi connectivity index (χ3v) is 3.01. The molecule has 90 valence electrons. The predicted octanol–water partition coefficient (Wildman–Crippen LogP) is 2.93. The Bertz CT molecular complexity index is 505. The summed E-state index contributed by atoms with van der Waals surface area (Å²) >= 11 is 6.17. The zero-order chi connectivity index (χ0) is 12.3. The van der Waals surface area contributed by atoms with Gasteiger partial charge in [-0.25, -0.2) is 4.98 Å². The number of rotatable bonds is 4. The highest BCUT2D eigenvalue weighted by molar-refractivity contribution is 6.33. The number of aromatic amines is 1. The first kappa shape index (κ1) is 12.1. The molecular formula is C13H16ClN3. The third-order valence-electron chi connectivity index (χ3n) is 2.68. The van der Waals surface area contributed by atoms with E-state index in [0.717, 1.165) is 40.6 Å². The maximum Gasteiger partial charge on any atom is 0.107 e. The van der Waals surface area contributed by atoms with Crippen LogP contribution in [0.1, 0.15) is 17.9 Å². The quantitative estimate of drug-likeness (QED) is 0.875. The molecule has 3 N–H and O–H groups in total. The normalized spacial score (nSPS) is 10.8. The Labute approximate surface area is 106 Å². The summed E-state index contributed by atoms with van der Waals surface area (Å²) in [4.78, 5) is 7.86. The van der Waals surface area contributed by atoms with Crippen LogP contribution in [-0.2, 0) is 6.42 Å². The van der Waals surface area contributed by atoms with Crippen LogP contribution in [0.2, 0.25) is 5.02 Å². The molecule has 0 aliphatic rings. The molecule has 0 aliphatic heterocycles. The van der Waals surface area contributed by atoms with Gasteiger partial charge in [-0.2, -0.15) is 0 Å². The molecule has 0 radical (unpaired) electrons. The van der Waals surface area contributed by atoms with E-state index >= 15 is 0 Å². The second-order valence-corrected chi connectivity index (χ2v) is 4.44. The van der Waals surface area contributed by atoms with Gasteiger partial charge in [-0.3, -0.25) is 0 Å². The molecule has 3 nitrogen and oxygen atoms in total. The molecule has 1 aromatic carbocycles. The van der Waals surface area contributed by atoms with Crippen LogP contribution in [0.5, 0.6) is 0 Å². The minimum absolute atomic E-state index is 0.682. The van der Waals surface area contributed by atoms with E-state index in [1.807, 2.05) is 31.2 Å². The van der Waals surface area contributed by atoms with Crippen LogP contribution in [-0.4, -0.2) is 16.5 Å². The summed E-state index contributed by atoms with van der Waals surface area (Å²) in [5.41, 5.74) is 8.45. The van der Waals surface area contributed by atoms with Gasteiger partial charge in [0.1, 0.15) is 5.82 Å². The lowest BCUT2D eigenvalue weighted by Gasteiger charge is -2.00. The summed E-state index contributed by atoms with van der Waals surface area (Å²) in [5.74, 6) is 0.975. The first-order valence-electron chi connectivity index (χ1n) is 5.73. The number of imidazole rings is 1. The van der Waals surface area contributed by atoms with Crippen molar-refractivity contribution in [1.82, 2.24) is 9.97 Å². The highest BCUT2D eigenvalue weighted by atomic mass is 35.5. The number of hydrogen-bond acceptors (Lipinski definition) is 2. The van der Waals surface area contributed by atoms with Gasteiger partial charge in [-0.1, -0.05) is 29.8 Å². The summed E-state index contributed by atoms with van der Waals surface area (Å²) in [5, 5.41) is 0.729. The van der Waals surface area contributed by atoms with Gasteiger partial charge in [0, 0.05) is 17.7 Å². The molecule has 0 spiro atoms. The van der Waals surface area contributed by atoms with E-state index in [0.29, 0.717) is 6.54 Å². The molecule has 0 saturated carbocycles. The minimum atomic E-state index is 0.682. The molecule has 0 aliphatic carbocycles. The average Bonchev–Trinajstić information content (AvgIpc) is 2.68. The average molecular weight is 250 g/mol. The van der Waals surface area contributed by atoms with E-state index in [9.17, 15) is 0 Å². The molecule has 0 atom stereocenters. The van der Waals surface area contributed by atoms with Crippen molar-refractivity contribution < 1.29 is 0 Å². The Balaban J connectivity index is 2.33. The number of nitrogens with one attached hydrogen (secondary N) is 1. The van der Waals surface area contributed by atoms with E-state index in [2.05, 4.69) is 9.97 Å². The van der Waals surface area contributed by atoms with Gasteiger partial charge in [0.2, 0.25) is 0 Å². The lowest BCUT2D eigenvalue weighted by atomic mass is 10.1. The highest BCUT2D eigenvalue weighted by Crippen LogP contribution is 2.28. The second-order valence-electron chi connectivity index (χ2n) is 4.03. The number of nitrogens with two attached hydrogens (primary N) is 1. The van der Waals surface area contributed by atoms with E-state index in [4.69, 9.17) is 17.3 Å². The van der Waals surface area contributed by atoms with Crippen LogP contribution in [0.25, 0.3) is 11.3 Å². The Hall–Kier alpha value is -1.32. The lowest BCUT2D eigenvalue weighted by Crippen LogP contribution is -2.01. The van der Waals surface area contributed by atoms with Crippen LogP contribution < -0.4 is 5.73 Å². The van der Waals surface area contributed by atoms with E-state index in [-0.39, 0.29) is 0 Å². The third kappa shape index (κ3) is 2.68. The van der Waals surface area contributed by atoms with Crippen LogP contribution >= 0.6 is 11.6 Å². The number of nitrogens with zero attached hydrogens (tertiary/aromatic N) is 1. The zero-order valence-corrected chi connectivity index (χ0v) is 10.6. The maximum atomic E-state index is 6.17. The van der Waals surface area contributed by atoms with Crippen molar-refractivity contribution >= 4 is 11.6 Å². The fraction of sp³-hybridized carbons (Fsp3) is 0.308. The first-order chi connectivity index (χ1) is 8.22. The van der Waals surface area contributed by atoms with Crippen LogP contribution in [0, 0.1) is 6.92 Å². The molecule has 4 heteroatoms. The Morgan fingerprint density at radius 1 is 1.35 bits per heavy atom. The van der Waals surface area contributed by atoms with Crippen molar-refractivity contribution in [3.63, 3.8) is 0 Å². The van der Waals surface area contributed by atoms with Gasteiger partial charge in [-0.15, -0.1) is 0 Å². The molecule has 0 saturated heterocycles. The number of aromatic nitrogens is 2. The van der Waals surface area contributed by atoms with E-state index in [1.165, 1.54) is 0 Å². The van der Waals surface area contributed by atoms with E-state index < -0.39 is 0 Å².